The van der Waals surface area contributed by atoms with Crippen molar-refractivity contribution in [3.63, 3.8) is 0 Å². The third-order valence-corrected chi connectivity index (χ3v) is 3.30. The lowest BCUT2D eigenvalue weighted by molar-refractivity contribution is 0.0978. The highest BCUT2D eigenvalue weighted by atomic mass is 16.5. The molecular formula is C16H24O2. The van der Waals surface area contributed by atoms with Gasteiger partial charge in [-0.2, -0.15) is 0 Å². The fraction of sp³-hybridized carbons (Fsp3) is 0.562. The van der Waals surface area contributed by atoms with E-state index in [1.807, 2.05) is 26.0 Å². The molecule has 1 aromatic rings. The highest BCUT2D eigenvalue weighted by Gasteiger charge is 2.11. The molecule has 0 spiro atoms. The molecule has 100 valence electrons. The van der Waals surface area contributed by atoms with Crippen LogP contribution in [0, 0.1) is 13.8 Å². The maximum absolute atomic E-state index is 12.1. The van der Waals surface area contributed by atoms with Gasteiger partial charge in [-0.25, -0.2) is 0 Å². The molecule has 0 saturated carbocycles. The average Bonchev–Trinajstić information content (AvgIpc) is 2.36. The minimum Gasteiger partial charge on any atom is -0.496 e. The number of unbranched alkanes of at least 4 members (excludes halogenated alkanes) is 3. The molecule has 0 aromatic heterocycles. The second kappa shape index (κ2) is 7.20. The molecule has 2 nitrogen and oxygen atoms in total. The number of aryl methyl sites for hydroxylation is 2. The van der Waals surface area contributed by atoms with E-state index in [1.54, 1.807) is 7.11 Å². The Labute approximate surface area is 110 Å². The molecule has 0 aliphatic carbocycles. The van der Waals surface area contributed by atoms with Crippen LogP contribution in [0.3, 0.4) is 0 Å². The minimum absolute atomic E-state index is 0.259. The molecule has 0 radical (unpaired) electrons. The number of hydrogen-bond acceptors (Lipinski definition) is 2. The Kier molecular flexibility index (Phi) is 5.90. The molecule has 2 heteroatoms. The number of methoxy groups -OCH3 is 1. The van der Waals surface area contributed by atoms with Crippen molar-refractivity contribution in [2.45, 2.75) is 52.9 Å². The van der Waals surface area contributed by atoms with Crippen molar-refractivity contribution in [1.29, 1.82) is 0 Å². The van der Waals surface area contributed by atoms with Crippen molar-refractivity contribution in [2.75, 3.05) is 7.11 Å². The van der Waals surface area contributed by atoms with Gasteiger partial charge in [0.05, 0.1) is 7.11 Å². The van der Waals surface area contributed by atoms with Gasteiger partial charge in [-0.05, 0) is 43.5 Å². The number of hydrogen-bond donors (Lipinski definition) is 0. The van der Waals surface area contributed by atoms with Crippen molar-refractivity contribution in [3.8, 4) is 5.75 Å². The third kappa shape index (κ3) is 3.86. The third-order valence-electron chi connectivity index (χ3n) is 3.30. The van der Waals surface area contributed by atoms with Gasteiger partial charge < -0.3 is 4.74 Å². The normalized spacial score (nSPS) is 10.4. The van der Waals surface area contributed by atoms with E-state index < -0.39 is 0 Å². The van der Waals surface area contributed by atoms with Crippen molar-refractivity contribution in [1.82, 2.24) is 0 Å². The summed E-state index contributed by atoms with van der Waals surface area (Å²) >= 11 is 0. The molecule has 18 heavy (non-hydrogen) atoms. The van der Waals surface area contributed by atoms with E-state index in [1.165, 1.54) is 12.8 Å². The molecule has 0 atom stereocenters. The quantitative estimate of drug-likeness (QED) is 0.526. The van der Waals surface area contributed by atoms with Crippen LogP contribution in [0.4, 0.5) is 0 Å². The number of carbonyl (C=O) groups is 1. The molecule has 0 bridgehead atoms. The van der Waals surface area contributed by atoms with Crippen LogP contribution in [0.15, 0.2) is 12.1 Å². The molecule has 0 saturated heterocycles. The van der Waals surface area contributed by atoms with Gasteiger partial charge >= 0.3 is 0 Å². The largest absolute Gasteiger partial charge is 0.496 e. The molecular weight excluding hydrogens is 224 g/mol. The summed E-state index contributed by atoms with van der Waals surface area (Å²) in [6.07, 6.45) is 5.23. The highest BCUT2D eigenvalue weighted by Crippen LogP contribution is 2.23. The first kappa shape index (κ1) is 14.7. The maximum atomic E-state index is 12.1. The van der Waals surface area contributed by atoms with Gasteiger partial charge in [0.15, 0.2) is 5.78 Å². The summed E-state index contributed by atoms with van der Waals surface area (Å²) in [5.41, 5.74) is 2.89. The Balaban J connectivity index is 2.71. The summed E-state index contributed by atoms with van der Waals surface area (Å²) in [6.45, 7) is 6.13. The number of benzene rings is 1. The molecule has 0 fully saturated rings. The Hall–Kier alpha value is -1.31. The standard InChI is InChI=1S/C16H24O2/c1-5-6-7-8-9-15(17)14-10-13(3)16(18-4)11-12(14)2/h10-11H,5-9H2,1-4H3. The lowest BCUT2D eigenvalue weighted by Crippen LogP contribution is -2.03. The Morgan fingerprint density at radius 2 is 1.83 bits per heavy atom. The predicted molar refractivity (Wildman–Crippen MR) is 75.6 cm³/mol. The fourth-order valence-electron chi connectivity index (χ4n) is 2.16. The van der Waals surface area contributed by atoms with Crippen LogP contribution in [0.1, 0.15) is 60.5 Å². The fourth-order valence-corrected chi connectivity index (χ4v) is 2.16. The number of ether oxygens (including phenoxy) is 1. The molecule has 0 unspecified atom stereocenters. The Bertz CT molecular complexity index is 408. The van der Waals surface area contributed by atoms with Crippen LogP contribution in [0.5, 0.6) is 5.75 Å². The summed E-state index contributed by atoms with van der Waals surface area (Å²) in [5.74, 6) is 1.12. The van der Waals surface area contributed by atoms with Crippen LogP contribution in [-0.4, -0.2) is 12.9 Å². The van der Waals surface area contributed by atoms with Crippen LogP contribution in [0.2, 0.25) is 0 Å². The number of ketones is 1. The molecule has 0 aliphatic heterocycles. The summed E-state index contributed by atoms with van der Waals surface area (Å²) < 4.78 is 5.26. The smallest absolute Gasteiger partial charge is 0.163 e. The van der Waals surface area contributed by atoms with Crippen LogP contribution >= 0.6 is 0 Å². The first-order valence-electron chi connectivity index (χ1n) is 6.78. The molecule has 0 heterocycles. The van der Waals surface area contributed by atoms with Crippen molar-refractivity contribution >= 4 is 5.78 Å². The molecule has 1 rings (SSSR count). The van der Waals surface area contributed by atoms with Crippen molar-refractivity contribution in [3.05, 3.63) is 28.8 Å². The Morgan fingerprint density at radius 1 is 1.11 bits per heavy atom. The highest BCUT2D eigenvalue weighted by molar-refractivity contribution is 5.97. The number of rotatable bonds is 7. The van der Waals surface area contributed by atoms with Gasteiger partial charge in [0.25, 0.3) is 0 Å². The molecule has 0 aliphatic rings. The van der Waals surface area contributed by atoms with E-state index >= 15 is 0 Å². The van der Waals surface area contributed by atoms with Crippen LogP contribution in [0.25, 0.3) is 0 Å². The number of carbonyl (C=O) groups excluding carboxylic acids is 1. The van der Waals surface area contributed by atoms with Gasteiger partial charge in [0.2, 0.25) is 0 Å². The van der Waals surface area contributed by atoms with Crippen molar-refractivity contribution < 1.29 is 9.53 Å². The molecule has 1 aromatic carbocycles. The first-order valence-corrected chi connectivity index (χ1v) is 6.78. The second-order valence-electron chi connectivity index (χ2n) is 4.87. The van der Waals surface area contributed by atoms with E-state index in [0.717, 1.165) is 35.3 Å². The monoisotopic (exact) mass is 248 g/mol. The zero-order chi connectivity index (χ0) is 13.5. The van der Waals surface area contributed by atoms with E-state index in [2.05, 4.69) is 6.92 Å². The topological polar surface area (TPSA) is 26.3 Å². The Morgan fingerprint density at radius 3 is 2.44 bits per heavy atom. The SMILES string of the molecule is CCCCCCC(=O)c1cc(C)c(OC)cc1C. The van der Waals surface area contributed by atoms with Gasteiger partial charge in [0, 0.05) is 12.0 Å². The molecule has 0 amide bonds. The van der Waals surface area contributed by atoms with Crippen LogP contribution < -0.4 is 4.74 Å². The predicted octanol–water partition coefficient (Wildman–Crippen LogP) is 4.47. The summed E-state index contributed by atoms with van der Waals surface area (Å²) in [4.78, 5) is 12.1. The number of Topliss-reactive ketones (excluding diaryl/α,β-unsaturated/α-hetero) is 1. The zero-order valence-electron chi connectivity index (χ0n) is 12.0. The van der Waals surface area contributed by atoms with E-state index in [0.29, 0.717) is 6.42 Å². The van der Waals surface area contributed by atoms with Crippen LogP contribution in [-0.2, 0) is 0 Å². The molecule has 0 N–H and O–H groups in total. The minimum atomic E-state index is 0.259. The zero-order valence-corrected chi connectivity index (χ0v) is 12.0. The second-order valence-corrected chi connectivity index (χ2v) is 4.87. The van der Waals surface area contributed by atoms with E-state index in [9.17, 15) is 4.79 Å². The summed E-state index contributed by atoms with van der Waals surface area (Å²) in [5, 5.41) is 0. The van der Waals surface area contributed by atoms with Gasteiger partial charge in [0.1, 0.15) is 5.75 Å². The van der Waals surface area contributed by atoms with Gasteiger partial charge in [-0.15, -0.1) is 0 Å². The first-order chi connectivity index (χ1) is 8.60. The van der Waals surface area contributed by atoms with Gasteiger partial charge in [-0.3, -0.25) is 4.79 Å². The average molecular weight is 248 g/mol. The van der Waals surface area contributed by atoms with E-state index in [-0.39, 0.29) is 5.78 Å². The van der Waals surface area contributed by atoms with Crippen molar-refractivity contribution in [2.24, 2.45) is 0 Å². The lowest BCUT2D eigenvalue weighted by Gasteiger charge is -2.10. The summed E-state index contributed by atoms with van der Waals surface area (Å²) in [6, 6.07) is 3.91. The van der Waals surface area contributed by atoms with Gasteiger partial charge in [-0.1, -0.05) is 26.2 Å². The summed E-state index contributed by atoms with van der Waals surface area (Å²) in [7, 11) is 1.66. The van der Waals surface area contributed by atoms with E-state index in [4.69, 9.17) is 4.74 Å². The maximum Gasteiger partial charge on any atom is 0.163 e. The lowest BCUT2D eigenvalue weighted by atomic mass is 9.97.